The second-order valence-corrected chi connectivity index (χ2v) is 7.05. The number of carbonyl (C=O) groups excluding carboxylic acids is 2. The molecule has 0 amide bonds. The molecule has 3 aromatic rings. The summed E-state index contributed by atoms with van der Waals surface area (Å²) in [5.74, 6) is -0.661. The van der Waals surface area contributed by atoms with Gasteiger partial charge in [0.2, 0.25) is 5.78 Å². The Hall–Kier alpha value is -3.73. The lowest BCUT2D eigenvalue weighted by Crippen LogP contribution is -2.09. The lowest BCUT2D eigenvalue weighted by molar-refractivity contribution is 0.0734. The minimum Gasteiger partial charge on any atom is -0.452 e. The fourth-order valence-corrected chi connectivity index (χ4v) is 3.32. The number of esters is 1. The van der Waals surface area contributed by atoms with Gasteiger partial charge in [-0.1, -0.05) is 37.3 Å². The normalized spacial score (nSPS) is 13.8. The number of carbonyl (C=O) groups is 2. The van der Waals surface area contributed by atoms with Crippen molar-refractivity contribution in [3.8, 4) is 11.5 Å². The molecule has 0 fully saturated rings. The predicted molar refractivity (Wildman–Crippen MR) is 111 cm³/mol. The highest BCUT2D eigenvalue weighted by Crippen LogP contribution is 2.37. The van der Waals surface area contributed by atoms with E-state index in [2.05, 4.69) is 6.92 Å². The summed E-state index contributed by atoms with van der Waals surface area (Å²) in [5, 5.41) is 0. The lowest BCUT2D eigenvalue weighted by atomic mass is 10.0. The van der Waals surface area contributed by atoms with Crippen LogP contribution in [0.4, 0.5) is 4.39 Å². The van der Waals surface area contributed by atoms with Gasteiger partial charge in [0.25, 0.3) is 0 Å². The van der Waals surface area contributed by atoms with E-state index >= 15 is 0 Å². The van der Waals surface area contributed by atoms with Gasteiger partial charge in [-0.05, 0) is 60.4 Å². The van der Waals surface area contributed by atoms with E-state index in [9.17, 15) is 14.0 Å². The fraction of sp³-hybridized carbons (Fsp3) is 0.120. The molecule has 5 heteroatoms. The highest BCUT2D eigenvalue weighted by molar-refractivity contribution is 6.15. The SMILES string of the molecule is CCc1ccc(/C=C2\Oc3cc(OC(=O)c4cccc(F)c4)cc(C)c3C2=O)cc1. The Morgan fingerprint density at radius 2 is 1.87 bits per heavy atom. The van der Waals surface area contributed by atoms with E-state index in [4.69, 9.17) is 9.47 Å². The van der Waals surface area contributed by atoms with Crippen LogP contribution >= 0.6 is 0 Å². The Morgan fingerprint density at radius 3 is 2.57 bits per heavy atom. The average molecular weight is 402 g/mol. The standard InChI is InChI=1S/C25H19FO4/c1-3-16-7-9-17(10-8-16)12-22-24(27)23-15(2)11-20(14-21(23)30-22)29-25(28)18-5-4-6-19(26)13-18/h4-14H,3H2,1-2H3/b22-12-. The number of fused-ring (bicyclic) bond motifs is 1. The van der Waals surface area contributed by atoms with Crippen LogP contribution in [0, 0.1) is 12.7 Å². The second kappa shape index (κ2) is 7.95. The predicted octanol–water partition coefficient (Wildman–Crippen LogP) is 5.53. The quantitative estimate of drug-likeness (QED) is 0.327. The molecule has 4 nitrogen and oxygen atoms in total. The molecule has 0 saturated heterocycles. The summed E-state index contributed by atoms with van der Waals surface area (Å²) < 4.78 is 24.5. The Balaban J connectivity index is 1.59. The zero-order valence-electron chi connectivity index (χ0n) is 16.6. The monoisotopic (exact) mass is 402 g/mol. The molecule has 0 spiro atoms. The summed E-state index contributed by atoms with van der Waals surface area (Å²) in [5.41, 5.74) is 3.24. The minimum atomic E-state index is -0.690. The summed E-state index contributed by atoms with van der Waals surface area (Å²) >= 11 is 0. The van der Waals surface area contributed by atoms with Crippen molar-refractivity contribution in [2.75, 3.05) is 0 Å². The third-order valence-corrected chi connectivity index (χ3v) is 4.90. The van der Waals surface area contributed by atoms with E-state index in [0.717, 1.165) is 18.1 Å². The topological polar surface area (TPSA) is 52.6 Å². The highest BCUT2D eigenvalue weighted by Gasteiger charge is 2.30. The molecule has 0 aliphatic carbocycles. The van der Waals surface area contributed by atoms with Crippen molar-refractivity contribution in [3.05, 3.63) is 100 Å². The number of benzene rings is 3. The van der Waals surface area contributed by atoms with Gasteiger partial charge in [0.1, 0.15) is 17.3 Å². The van der Waals surface area contributed by atoms with Crippen molar-refractivity contribution in [1.29, 1.82) is 0 Å². The molecule has 150 valence electrons. The molecule has 4 rings (SSSR count). The molecule has 3 aromatic carbocycles. The van der Waals surface area contributed by atoms with Gasteiger partial charge in [-0.25, -0.2) is 9.18 Å². The maximum Gasteiger partial charge on any atom is 0.343 e. The molecule has 0 unspecified atom stereocenters. The van der Waals surface area contributed by atoms with Crippen molar-refractivity contribution in [3.63, 3.8) is 0 Å². The first-order valence-electron chi connectivity index (χ1n) is 9.60. The molecular formula is C25H19FO4. The van der Waals surface area contributed by atoms with Crippen LogP contribution in [0.1, 0.15) is 44.3 Å². The highest BCUT2D eigenvalue weighted by atomic mass is 19.1. The van der Waals surface area contributed by atoms with E-state index in [1.54, 1.807) is 19.1 Å². The van der Waals surface area contributed by atoms with Crippen LogP contribution in [0.3, 0.4) is 0 Å². The van der Waals surface area contributed by atoms with Crippen LogP contribution < -0.4 is 9.47 Å². The number of hydrogen-bond acceptors (Lipinski definition) is 4. The smallest absolute Gasteiger partial charge is 0.343 e. The van der Waals surface area contributed by atoms with Gasteiger partial charge < -0.3 is 9.47 Å². The number of ketones is 1. The van der Waals surface area contributed by atoms with E-state index < -0.39 is 11.8 Å². The lowest BCUT2D eigenvalue weighted by Gasteiger charge is -2.08. The van der Waals surface area contributed by atoms with E-state index in [0.29, 0.717) is 16.9 Å². The first kappa shape index (κ1) is 19.6. The molecule has 0 saturated carbocycles. The second-order valence-electron chi connectivity index (χ2n) is 7.05. The van der Waals surface area contributed by atoms with Gasteiger partial charge in [-0.3, -0.25) is 4.79 Å². The van der Waals surface area contributed by atoms with Crippen LogP contribution in [0.5, 0.6) is 11.5 Å². The zero-order chi connectivity index (χ0) is 21.3. The average Bonchev–Trinajstić information content (AvgIpc) is 3.04. The Labute approximate surface area is 173 Å². The number of hydrogen-bond donors (Lipinski definition) is 0. The van der Waals surface area contributed by atoms with Gasteiger partial charge in [-0.15, -0.1) is 0 Å². The molecule has 30 heavy (non-hydrogen) atoms. The summed E-state index contributed by atoms with van der Waals surface area (Å²) in [7, 11) is 0. The molecule has 0 atom stereocenters. The zero-order valence-corrected chi connectivity index (χ0v) is 16.6. The van der Waals surface area contributed by atoms with Crippen molar-refractivity contribution >= 4 is 17.8 Å². The number of aryl methyl sites for hydroxylation is 2. The first-order valence-corrected chi connectivity index (χ1v) is 9.60. The molecule has 1 aliphatic rings. The number of halogens is 1. The van der Waals surface area contributed by atoms with Crippen LogP contribution in [-0.2, 0) is 6.42 Å². The molecule has 1 heterocycles. The largest absolute Gasteiger partial charge is 0.452 e. The van der Waals surface area contributed by atoms with Gasteiger partial charge in [0.05, 0.1) is 11.1 Å². The Bertz CT molecular complexity index is 1180. The van der Waals surface area contributed by atoms with Crippen molar-refractivity contribution in [1.82, 2.24) is 0 Å². The van der Waals surface area contributed by atoms with E-state index in [1.165, 1.54) is 29.8 Å². The third kappa shape index (κ3) is 3.87. The Kier molecular flexibility index (Phi) is 5.19. The van der Waals surface area contributed by atoms with Gasteiger partial charge in [0, 0.05) is 6.07 Å². The van der Waals surface area contributed by atoms with Crippen molar-refractivity contribution < 1.29 is 23.5 Å². The molecule has 0 radical (unpaired) electrons. The maximum absolute atomic E-state index is 13.3. The molecule has 1 aliphatic heterocycles. The number of Topliss-reactive ketones (excluding diaryl/α,β-unsaturated/α-hetero) is 1. The van der Waals surface area contributed by atoms with Crippen LogP contribution in [-0.4, -0.2) is 11.8 Å². The first-order chi connectivity index (χ1) is 14.4. The molecule has 0 bridgehead atoms. The molecule has 0 N–H and O–H groups in total. The van der Waals surface area contributed by atoms with Gasteiger partial charge in [-0.2, -0.15) is 0 Å². The van der Waals surface area contributed by atoms with E-state index in [1.807, 2.05) is 24.3 Å². The number of ether oxygens (including phenoxy) is 2. The Morgan fingerprint density at radius 1 is 1.10 bits per heavy atom. The van der Waals surface area contributed by atoms with Crippen LogP contribution in [0.25, 0.3) is 6.08 Å². The van der Waals surface area contributed by atoms with Crippen molar-refractivity contribution in [2.24, 2.45) is 0 Å². The molecular weight excluding hydrogens is 383 g/mol. The maximum atomic E-state index is 13.3. The summed E-state index contributed by atoms with van der Waals surface area (Å²) in [4.78, 5) is 25.1. The number of rotatable bonds is 4. The molecule has 0 aromatic heterocycles. The summed E-state index contributed by atoms with van der Waals surface area (Å²) in [6, 6.07) is 16.2. The van der Waals surface area contributed by atoms with Crippen LogP contribution in [0.2, 0.25) is 0 Å². The summed E-state index contributed by atoms with van der Waals surface area (Å²) in [6.45, 7) is 3.83. The van der Waals surface area contributed by atoms with Crippen molar-refractivity contribution in [2.45, 2.75) is 20.3 Å². The third-order valence-electron chi connectivity index (χ3n) is 4.90. The van der Waals surface area contributed by atoms with Crippen LogP contribution in [0.15, 0.2) is 66.4 Å². The summed E-state index contributed by atoms with van der Waals surface area (Å²) in [6.07, 6.45) is 2.63. The number of allylic oxidation sites excluding steroid dienone is 1. The minimum absolute atomic E-state index is 0.0984. The fourth-order valence-electron chi connectivity index (χ4n) is 3.32. The van der Waals surface area contributed by atoms with Gasteiger partial charge >= 0.3 is 5.97 Å². The van der Waals surface area contributed by atoms with E-state index in [-0.39, 0.29) is 22.9 Å². The van der Waals surface area contributed by atoms with Gasteiger partial charge in [0.15, 0.2) is 5.76 Å².